The zero-order valence-electron chi connectivity index (χ0n) is 12.1. The highest BCUT2D eigenvalue weighted by Crippen LogP contribution is 2.29. The molecule has 1 aliphatic rings. The average molecular weight is 293 g/mol. The normalized spacial score (nSPS) is 21.8. The molecule has 1 N–H and O–H groups in total. The van der Waals surface area contributed by atoms with Gasteiger partial charge in [0.05, 0.1) is 6.61 Å². The number of morpholine rings is 1. The molecule has 2 unspecified atom stereocenters. The van der Waals surface area contributed by atoms with Crippen molar-refractivity contribution in [2.45, 2.75) is 25.6 Å². The van der Waals surface area contributed by atoms with Crippen LogP contribution in [0.3, 0.4) is 0 Å². The Labute approximate surface area is 123 Å². The van der Waals surface area contributed by atoms with E-state index in [9.17, 15) is 9.50 Å². The van der Waals surface area contributed by atoms with Crippen LogP contribution in [0.4, 0.5) is 4.39 Å². The van der Waals surface area contributed by atoms with Gasteiger partial charge in [-0.15, -0.1) is 0 Å². The molecule has 0 radical (unpaired) electrons. The Balaban J connectivity index is 1.79. The Morgan fingerprint density at radius 1 is 1.48 bits per heavy atom. The van der Waals surface area contributed by atoms with Crippen LogP contribution in [0.15, 0.2) is 28.7 Å². The first kappa shape index (κ1) is 14.5. The molecule has 3 rings (SSSR count). The second kappa shape index (κ2) is 6.13. The number of rotatable bonds is 4. The number of hydrogen-bond acceptors (Lipinski definition) is 4. The molecule has 5 heteroatoms. The fourth-order valence-corrected chi connectivity index (χ4v) is 2.82. The van der Waals surface area contributed by atoms with Gasteiger partial charge < -0.3 is 14.3 Å². The monoisotopic (exact) mass is 293 g/mol. The van der Waals surface area contributed by atoms with Crippen LogP contribution in [0.2, 0.25) is 0 Å². The number of fused-ring (bicyclic) bond motifs is 1. The summed E-state index contributed by atoms with van der Waals surface area (Å²) in [7, 11) is 0. The van der Waals surface area contributed by atoms with Crippen molar-refractivity contribution in [1.29, 1.82) is 0 Å². The molecule has 2 aromatic rings. The number of halogens is 1. The maximum absolute atomic E-state index is 13.7. The van der Waals surface area contributed by atoms with Gasteiger partial charge in [0, 0.05) is 18.5 Å². The van der Waals surface area contributed by atoms with E-state index in [-0.39, 0.29) is 11.7 Å². The van der Waals surface area contributed by atoms with E-state index in [4.69, 9.17) is 9.15 Å². The third-order valence-electron chi connectivity index (χ3n) is 3.88. The molecule has 1 aliphatic heterocycles. The zero-order valence-corrected chi connectivity index (χ0v) is 12.1. The molecular weight excluding hydrogens is 273 g/mol. The number of aliphatic hydroxyl groups is 1. The maximum atomic E-state index is 13.7. The van der Waals surface area contributed by atoms with Gasteiger partial charge in [-0.3, -0.25) is 4.90 Å². The van der Waals surface area contributed by atoms with Gasteiger partial charge in [0.15, 0.2) is 11.4 Å². The van der Waals surface area contributed by atoms with E-state index in [2.05, 4.69) is 11.8 Å². The van der Waals surface area contributed by atoms with E-state index in [1.165, 1.54) is 6.07 Å². The van der Waals surface area contributed by atoms with Crippen molar-refractivity contribution in [2.75, 3.05) is 26.2 Å². The molecule has 0 aliphatic carbocycles. The van der Waals surface area contributed by atoms with Gasteiger partial charge in [0.2, 0.25) is 0 Å². The minimum absolute atomic E-state index is 0.188. The van der Waals surface area contributed by atoms with Crippen LogP contribution in [-0.4, -0.2) is 42.4 Å². The number of hydrogen-bond donors (Lipinski definition) is 1. The highest BCUT2D eigenvalue weighted by atomic mass is 19.1. The minimum atomic E-state index is -0.878. The van der Waals surface area contributed by atoms with Crippen molar-refractivity contribution in [2.24, 2.45) is 0 Å². The largest absolute Gasteiger partial charge is 0.455 e. The lowest BCUT2D eigenvalue weighted by Gasteiger charge is -2.34. The summed E-state index contributed by atoms with van der Waals surface area (Å²) >= 11 is 0. The van der Waals surface area contributed by atoms with Crippen LogP contribution >= 0.6 is 0 Å². The molecule has 0 spiro atoms. The van der Waals surface area contributed by atoms with E-state index >= 15 is 0 Å². The zero-order chi connectivity index (χ0) is 14.8. The number of nitrogens with zero attached hydrogens (tertiary/aromatic N) is 1. The van der Waals surface area contributed by atoms with Crippen LogP contribution in [0.25, 0.3) is 11.0 Å². The number of benzene rings is 1. The van der Waals surface area contributed by atoms with Crippen molar-refractivity contribution in [3.63, 3.8) is 0 Å². The molecule has 0 amide bonds. The standard InChI is InChI=1S/C16H20FNO3/c1-2-6-18-7-8-20-14(10-18)15(19)13-9-11-4-3-5-12(17)16(11)21-13/h3-5,9,14-15,19H,2,6-8,10H2,1H3. The van der Waals surface area contributed by atoms with Gasteiger partial charge in [0.1, 0.15) is 18.0 Å². The molecule has 0 bridgehead atoms. The maximum Gasteiger partial charge on any atom is 0.170 e. The summed E-state index contributed by atoms with van der Waals surface area (Å²) in [4.78, 5) is 2.26. The Morgan fingerprint density at radius 2 is 2.33 bits per heavy atom. The second-order valence-corrected chi connectivity index (χ2v) is 5.46. The Morgan fingerprint density at radius 3 is 3.10 bits per heavy atom. The second-order valence-electron chi connectivity index (χ2n) is 5.46. The summed E-state index contributed by atoms with van der Waals surface area (Å²) in [5.74, 6) is -0.0541. The molecular formula is C16H20FNO3. The number of aliphatic hydroxyl groups excluding tert-OH is 1. The molecule has 2 atom stereocenters. The van der Waals surface area contributed by atoms with Crippen LogP contribution in [-0.2, 0) is 4.74 Å². The van der Waals surface area contributed by atoms with Gasteiger partial charge >= 0.3 is 0 Å². The molecule has 1 saturated heterocycles. The lowest BCUT2D eigenvalue weighted by atomic mass is 10.1. The fraction of sp³-hybridized carbons (Fsp3) is 0.500. The van der Waals surface area contributed by atoms with Crippen LogP contribution in [0, 0.1) is 5.82 Å². The van der Waals surface area contributed by atoms with E-state index in [0.29, 0.717) is 24.3 Å². The van der Waals surface area contributed by atoms with Crippen molar-refractivity contribution >= 4 is 11.0 Å². The summed E-state index contributed by atoms with van der Waals surface area (Å²) < 4.78 is 24.8. The van der Waals surface area contributed by atoms with Gasteiger partial charge in [-0.05, 0) is 25.1 Å². The molecule has 2 heterocycles. The van der Waals surface area contributed by atoms with Crippen LogP contribution in [0.5, 0.6) is 0 Å². The molecule has 1 aromatic carbocycles. The predicted octanol–water partition coefficient (Wildman–Crippen LogP) is 2.72. The van der Waals surface area contributed by atoms with E-state index in [0.717, 1.165) is 19.5 Å². The minimum Gasteiger partial charge on any atom is -0.455 e. The van der Waals surface area contributed by atoms with Gasteiger partial charge in [-0.1, -0.05) is 19.1 Å². The molecule has 21 heavy (non-hydrogen) atoms. The number of furan rings is 1. The molecule has 1 fully saturated rings. The van der Waals surface area contributed by atoms with Crippen molar-refractivity contribution in [3.05, 3.63) is 35.8 Å². The highest BCUT2D eigenvalue weighted by Gasteiger charge is 2.30. The predicted molar refractivity (Wildman–Crippen MR) is 77.6 cm³/mol. The lowest BCUT2D eigenvalue weighted by molar-refractivity contribution is -0.0950. The number of ether oxygens (including phenoxy) is 1. The molecule has 4 nitrogen and oxygen atoms in total. The highest BCUT2D eigenvalue weighted by molar-refractivity contribution is 5.78. The third-order valence-corrected chi connectivity index (χ3v) is 3.88. The quantitative estimate of drug-likeness (QED) is 0.941. The van der Waals surface area contributed by atoms with Gasteiger partial charge in [0.25, 0.3) is 0 Å². The van der Waals surface area contributed by atoms with E-state index < -0.39 is 11.9 Å². The SMILES string of the molecule is CCCN1CCOC(C(O)c2cc3cccc(F)c3o2)C1. The third kappa shape index (κ3) is 2.95. The van der Waals surface area contributed by atoms with Crippen molar-refractivity contribution < 1.29 is 18.7 Å². The fourth-order valence-electron chi connectivity index (χ4n) is 2.82. The Hall–Kier alpha value is -1.43. The average Bonchev–Trinajstić information content (AvgIpc) is 2.93. The topological polar surface area (TPSA) is 45.8 Å². The van der Waals surface area contributed by atoms with Crippen molar-refractivity contribution in [1.82, 2.24) is 4.90 Å². The van der Waals surface area contributed by atoms with Crippen molar-refractivity contribution in [3.8, 4) is 0 Å². The summed E-state index contributed by atoms with van der Waals surface area (Å²) in [6.45, 7) is 5.25. The smallest absolute Gasteiger partial charge is 0.170 e. The lowest BCUT2D eigenvalue weighted by Crippen LogP contribution is -2.45. The molecule has 1 aromatic heterocycles. The summed E-state index contributed by atoms with van der Waals surface area (Å²) in [5, 5.41) is 11.1. The van der Waals surface area contributed by atoms with E-state index in [1.54, 1.807) is 18.2 Å². The van der Waals surface area contributed by atoms with Crippen LogP contribution < -0.4 is 0 Å². The molecule has 0 saturated carbocycles. The summed E-state index contributed by atoms with van der Waals surface area (Å²) in [6, 6.07) is 6.43. The Kier molecular flexibility index (Phi) is 4.24. The summed E-state index contributed by atoms with van der Waals surface area (Å²) in [6.07, 6.45) is -0.149. The number of para-hydroxylation sites is 1. The van der Waals surface area contributed by atoms with Gasteiger partial charge in [-0.25, -0.2) is 4.39 Å². The first-order valence-electron chi connectivity index (χ1n) is 7.39. The van der Waals surface area contributed by atoms with Gasteiger partial charge in [-0.2, -0.15) is 0 Å². The first-order valence-corrected chi connectivity index (χ1v) is 7.39. The first-order chi connectivity index (χ1) is 10.2. The van der Waals surface area contributed by atoms with E-state index in [1.807, 2.05) is 0 Å². The van der Waals surface area contributed by atoms with Crippen LogP contribution in [0.1, 0.15) is 25.2 Å². The summed E-state index contributed by atoms with van der Waals surface area (Å²) in [5.41, 5.74) is 0.188. The Bertz CT molecular complexity index is 611. The molecule has 114 valence electrons.